The molecule has 1 aromatic rings. The lowest BCUT2D eigenvalue weighted by molar-refractivity contribution is 0.0932. The zero-order valence-corrected chi connectivity index (χ0v) is 12.8. The summed E-state index contributed by atoms with van der Waals surface area (Å²) in [6, 6.07) is 0. The molecule has 116 valence electrons. The molecule has 2 N–H and O–H groups in total. The minimum absolute atomic E-state index is 0.163. The fraction of sp³-hybridized carbons (Fsp3) is 0.800. The molecule has 1 aliphatic heterocycles. The van der Waals surface area contributed by atoms with Crippen LogP contribution in [0, 0.1) is 5.92 Å². The van der Waals surface area contributed by atoms with Crippen molar-refractivity contribution in [2.75, 3.05) is 26.2 Å². The maximum atomic E-state index is 12.0. The molecule has 2 fully saturated rings. The molecule has 21 heavy (non-hydrogen) atoms. The lowest BCUT2D eigenvalue weighted by atomic mass is 10.1. The van der Waals surface area contributed by atoms with E-state index < -0.39 is 0 Å². The van der Waals surface area contributed by atoms with Crippen molar-refractivity contribution in [3.8, 4) is 0 Å². The van der Waals surface area contributed by atoms with Gasteiger partial charge in [0.2, 0.25) is 5.82 Å². The van der Waals surface area contributed by atoms with Crippen LogP contribution in [0.25, 0.3) is 0 Å². The van der Waals surface area contributed by atoms with Crippen LogP contribution in [0.3, 0.4) is 0 Å². The minimum Gasteiger partial charge on any atom is -0.349 e. The quantitative estimate of drug-likeness (QED) is 0.833. The summed E-state index contributed by atoms with van der Waals surface area (Å²) in [4.78, 5) is 18.8. The van der Waals surface area contributed by atoms with Crippen LogP contribution in [0.5, 0.6) is 0 Å². The second-order valence-corrected chi connectivity index (χ2v) is 6.49. The summed E-state index contributed by atoms with van der Waals surface area (Å²) in [5, 5.41) is 9.83. The summed E-state index contributed by atoms with van der Waals surface area (Å²) >= 11 is 0. The second-order valence-electron chi connectivity index (χ2n) is 6.49. The Balaban J connectivity index is 1.41. The Kier molecular flexibility index (Phi) is 4.53. The van der Waals surface area contributed by atoms with Gasteiger partial charge in [0.1, 0.15) is 5.82 Å². The number of carbonyl (C=O) groups is 1. The number of nitrogens with one attached hydrogen (secondary N) is 2. The fourth-order valence-electron chi connectivity index (χ4n) is 2.91. The van der Waals surface area contributed by atoms with Crippen LogP contribution in [0.15, 0.2) is 0 Å². The number of aromatic amines is 1. The summed E-state index contributed by atoms with van der Waals surface area (Å²) in [6.45, 7) is 6.32. The monoisotopic (exact) mass is 291 g/mol. The molecule has 0 spiro atoms. The van der Waals surface area contributed by atoms with Crippen molar-refractivity contribution in [1.29, 1.82) is 0 Å². The van der Waals surface area contributed by atoms with E-state index in [1.54, 1.807) is 0 Å². The molecule has 1 saturated carbocycles. The molecule has 0 aromatic carbocycles. The average Bonchev–Trinajstić information content (AvgIpc) is 3.23. The van der Waals surface area contributed by atoms with Crippen molar-refractivity contribution in [3.63, 3.8) is 0 Å². The molecule has 1 aliphatic carbocycles. The van der Waals surface area contributed by atoms with Crippen molar-refractivity contribution in [1.82, 2.24) is 25.4 Å². The zero-order chi connectivity index (χ0) is 14.7. The summed E-state index contributed by atoms with van der Waals surface area (Å²) < 4.78 is 0. The van der Waals surface area contributed by atoms with Crippen LogP contribution in [-0.4, -0.2) is 52.2 Å². The normalized spacial score (nSPS) is 21.2. The third-order valence-electron chi connectivity index (χ3n) is 4.30. The number of H-pyrrole nitrogens is 1. The number of aromatic nitrogens is 3. The van der Waals surface area contributed by atoms with Crippen molar-refractivity contribution in [3.05, 3.63) is 11.6 Å². The van der Waals surface area contributed by atoms with E-state index in [1.165, 1.54) is 32.4 Å². The Morgan fingerprint density at radius 1 is 1.38 bits per heavy atom. The molecule has 1 aromatic heterocycles. The van der Waals surface area contributed by atoms with E-state index in [9.17, 15) is 4.79 Å². The van der Waals surface area contributed by atoms with E-state index in [0.717, 1.165) is 25.2 Å². The number of hydrogen-bond acceptors (Lipinski definition) is 4. The molecular formula is C15H25N5O. The zero-order valence-electron chi connectivity index (χ0n) is 12.8. The number of rotatable bonds is 6. The van der Waals surface area contributed by atoms with Crippen molar-refractivity contribution >= 4 is 5.91 Å². The van der Waals surface area contributed by atoms with Gasteiger partial charge in [-0.1, -0.05) is 13.3 Å². The minimum atomic E-state index is -0.163. The van der Waals surface area contributed by atoms with Gasteiger partial charge in [-0.25, -0.2) is 4.98 Å². The molecular weight excluding hydrogens is 266 g/mol. The Labute approximate surface area is 125 Å². The first-order chi connectivity index (χ1) is 10.2. The highest BCUT2D eigenvalue weighted by atomic mass is 16.2. The number of hydrogen-bond donors (Lipinski definition) is 2. The van der Waals surface area contributed by atoms with E-state index in [1.807, 2.05) is 0 Å². The predicted molar refractivity (Wildman–Crippen MR) is 80.1 cm³/mol. The molecule has 0 radical (unpaired) electrons. The van der Waals surface area contributed by atoms with E-state index in [0.29, 0.717) is 18.4 Å². The highest BCUT2D eigenvalue weighted by Crippen LogP contribution is 2.37. The molecule has 1 amide bonds. The maximum Gasteiger partial charge on any atom is 0.290 e. The van der Waals surface area contributed by atoms with Gasteiger partial charge in [-0.05, 0) is 44.7 Å². The molecule has 1 atom stereocenters. The molecule has 3 rings (SSSR count). The van der Waals surface area contributed by atoms with E-state index in [2.05, 4.69) is 32.3 Å². The molecule has 2 aliphatic rings. The van der Waals surface area contributed by atoms with Crippen LogP contribution in [0.4, 0.5) is 0 Å². The molecule has 6 heteroatoms. The van der Waals surface area contributed by atoms with Crippen LogP contribution in [0.1, 0.15) is 61.4 Å². The van der Waals surface area contributed by atoms with E-state index in [4.69, 9.17) is 0 Å². The van der Waals surface area contributed by atoms with Crippen molar-refractivity contribution in [2.45, 2.75) is 44.9 Å². The van der Waals surface area contributed by atoms with Crippen LogP contribution >= 0.6 is 0 Å². The Morgan fingerprint density at radius 2 is 2.14 bits per heavy atom. The molecule has 2 heterocycles. The van der Waals surface area contributed by atoms with Gasteiger partial charge in [0.15, 0.2) is 0 Å². The summed E-state index contributed by atoms with van der Waals surface area (Å²) in [5.41, 5.74) is 0. The second kappa shape index (κ2) is 6.56. The van der Waals surface area contributed by atoms with E-state index in [-0.39, 0.29) is 11.7 Å². The van der Waals surface area contributed by atoms with Crippen LogP contribution in [0.2, 0.25) is 0 Å². The van der Waals surface area contributed by atoms with Gasteiger partial charge in [0.05, 0.1) is 0 Å². The molecule has 1 saturated heterocycles. The SMILES string of the molecule is CC(CNC(=O)c1n[nH]c(C2CC2)n1)CN1CCCCC1. The topological polar surface area (TPSA) is 73.9 Å². The third kappa shape index (κ3) is 4.03. The van der Waals surface area contributed by atoms with Gasteiger partial charge in [0, 0.05) is 19.0 Å². The largest absolute Gasteiger partial charge is 0.349 e. The van der Waals surface area contributed by atoms with Crippen molar-refractivity contribution < 1.29 is 4.79 Å². The number of nitrogens with zero attached hydrogens (tertiary/aromatic N) is 3. The number of piperidine rings is 1. The predicted octanol–water partition coefficient (Wildman–Crippen LogP) is 1.53. The molecule has 1 unspecified atom stereocenters. The summed E-state index contributed by atoms with van der Waals surface area (Å²) in [5.74, 6) is 1.93. The van der Waals surface area contributed by atoms with E-state index >= 15 is 0 Å². The number of likely N-dealkylation sites (tertiary alicyclic amines) is 1. The lowest BCUT2D eigenvalue weighted by Crippen LogP contribution is -2.38. The van der Waals surface area contributed by atoms with Gasteiger partial charge in [0.25, 0.3) is 5.91 Å². The first kappa shape index (κ1) is 14.5. The smallest absolute Gasteiger partial charge is 0.290 e. The van der Waals surface area contributed by atoms with Crippen molar-refractivity contribution in [2.24, 2.45) is 5.92 Å². The summed E-state index contributed by atoms with van der Waals surface area (Å²) in [6.07, 6.45) is 6.28. The maximum absolute atomic E-state index is 12.0. The van der Waals surface area contributed by atoms with Gasteiger partial charge >= 0.3 is 0 Å². The molecule has 0 bridgehead atoms. The number of amides is 1. The highest BCUT2D eigenvalue weighted by molar-refractivity contribution is 5.90. The lowest BCUT2D eigenvalue weighted by Gasteiger charge is -2.29. The van der Waals surface area contributed by atoms with Crippen LogP contribution in [-0.2, 0) is 0 Å². The summed E-state index contributed by atoms with van der Waals surface area (Å²) in [7, 11) is 0. The first-order valence-electron chi connectivity index (χ1n) is 8.15. The number of carbonyl (C=O) groups excluding carboxylic acids is 1. The van der Waals surface area contributed by atoms with Crippen LogP contribution < -0.4 is 5.32 Å². The molecule has 6 nitrogen and oxygen atoms in total. The van der Waals surface area contributed by atoms with Gasteiger partial charge in [-0.3, -0.25) is 9.89 Å². The third-order valence-corrected chi connectivity index (χ3v) is 4.30. The van der Waals surface area contributed by atoms with Gasteiger partial charge in [-0.2, -0.15) is 0 Å². The fourth-order valence-corrected chi connectivity index (χ4v) is 2.91. The average molecular weight is 291 g/mol. The Morgan fingerprint density at radius 3 is 2.86 bits per heavy atom. The standard InChI is InChI=1S/C15H25N5O/c1-11(10-20-7-3-2-4-8-20)9-16-15(21)14-17-13(18-19-14)12-5-6-12/h11-12H,2-10H2,1H3,(H,16,21)(H,17,18,19). The van der Waals surface area contributed by atoms with Gasteiger partial charge in [-0.15, -0.1) is 5.10 Å². The Hall–Kier alpha value is -1.43. The first-order valence-corrected chi connectivity index (χ1v) is 8.15. The Bertz CT molecular complexity index is 476. The van der Waals surface area contributed by atoms with Gasteiger partial charge < -0.3 is 10.2 Å². The highest BCUT2D eigenvalue weighted by Gasteiger charge is 2.28.